The summed E-state index contributed by atoms with van der Waals surface area (Å²) >= 11 is 0. The predicted octanol–water partition coefficient (Wildman–Crippen LogP) is 2.47. The average Bonchev–Trinajstić information content (AvgIpc) is 2.85. The normalized spacial score (nSPS) is 15.4. The van der Waals surface area contributed by atoms with E-state index in [1.165, 1.54) is 11.1 Å². The highest BCUT2D eigenvalue weighted by Crippen LogP contribution is 2.26. The van der Waals surface area contributed by atoms with Crippen LogP contribution in [0.3, 0.4) is 0 Å². The smallest absolute Gasteiger partial charge is 0.0725 e. The maximum absolute atomic E-state index is 6.30. The lowest BCUT2D eigenvalue weighted by molar-refractivity contribution is 0.134. The van der Waals surface area contributed by atoms with Crippen molar-refractivity contribution in [2.75, 3.05) is 0 Å². The minimum absolute atomic E-state index is 0.122. The van der Waals surface area contributed by atoms with Gasteiger partial charge in [-0.15, -0.1) is 0 Å². The Balaban J connectivity index is 1.95. The molecule has 0 radical (unpaired) electrons. The van der Waals surface area contributed by atoms with Crippen molar-refractivity contribution in [3.8, 4) is 0 Å². The van der Waals surface area contributed by atoms with Gasteiger partial charge in [-0.1, -0.05) is 24.3 Å². The van der Waals surface area contributed by atoms with Gasteiger partial charge in [0, 0.05) is 12.4 Å². The number of benzene rings is 1. The van der Waals surface area contributed by atoms with Crippen molar-refractivity contribution < 1.29 is 4.74 Å². The van der Waals surface area contributed by atoms with Gasteiger partial charge in [0.2, 0.25) is 0 Å². The highest BCUT2D eigenvalue weighted by atomic mass is 16.5. The second kappa shape index (κ2) is 4.52. The third-order valence-corrected chi connectivity index (χ3v) is 3.36. The quantitative estimate of drug-likeness (QED) is 0.877. The van der Waals surface area contributed by atoms with E-state index in [-0.39, 0.29) is 6.04 Å². The predicted molar refractivity (Wildman–Crippen MR) is 69.9 cm³/mol. The van der Waals surface area contributed by atoms with Crippen LogP contribution < -0.4 is 5.73 Å². The molecule has 0 bridgehead atoms. The SMILES string of the molecule is Cc1cncc(C(N)c2ccc3c(c2)COC3)c1. The van der Waals surface area contributed by atoms with Crippen molar-refractivity contribution in [2.45, 2.75) is 26.2 Å². The minimum atomic E-state index is -0.122. The number of nitrogens with zero attached hydrogens (tertiary/aromatic N) is 1. The third kappa shape index (κ3) is 2.03. The minimum Gasteiger partial charge on any atom is -0.372 e. The number of nitrogens with two attached hydrogens (primary N) is 1. The largest absolute Gasteiger partial charge is 0.372 e. The summed E-state index contributed by atoms with van der Waals surface area (Å²) in [5, 5.41) is 0. The van der Waals surface area contributed by atoms with Crippen LogP contribution in [-0.4, -0.2) is 4.98 Å². The van der Waals surface area contributed by atoms with Crippen molar-refractivity contribution in [1.82, 2.24) is 4.98 Å². The summed E-state index contributed by atoms with van der Waals surface area (Å²) in [6, 6.07) is 8.31. The van der Waals surface area contributed by atoms with E-state index in [1.807, 2.05) is 19.3 Å². The molecular formula is C15H16N2O. The number of aromatic nitrogens is 1. The molecule has 0 amide bonds. The number of pyridine rings is 1. The van der Waals surface area contributed by atoms with Gasteiger partial charge >= 0.3 is 0 Å². The van der Waals surface area contributed by atoms with Crippen molar-refractivity contribution in [1.29, 1.82) is 0 Å². The van der Waals surface area contributed by atoms with Crippen LogP contribution in [0.4, 0.5) is 0 Å². The third-order valence-electron chi connectivity index (χ3n) is 3.36. The molecule has 0 aliphatic carbocycles. The van der Waals surface area contributed by atoms with E-state index in [0.29, 0.717) is 6.61 Å². The number of rotatable bonds is 2. The van der Waals surface area contributed by atoms with Gasteiger partial charge in [-0.25, -0.2) is 0 Å². The lowest BCUT2D eigenvalue weighted by Crippen LogP contribution is -2.12. The van der Waals surface area contributed by atoms with Crippen LogP contribution in [0.5, 0.6) is 0 Å². The fourth-order valence-electron chi connectivity index (χ4n) is 2.33. The van der Waals surface area contributed by atoms with Crippen LogP contribution in [-0.2, 0) is 18.0 Å². The van der Waals surface area contributed by atoms with Crippen LogP contribution in [0.1, 0.15) is 33.9 Å². The molecule has 1 unspecified atom stereocenters. The molecule has 1 aromatic carbocycles. The van der Waals surface area contributed by atoms with Gasteiger partial charge in [0.05, 0.1) is 19.3 Å². The molecule has 3 heteroatoms. The van der Waals surface area contributed by atoms with Crippen LogP contribution in [0.15, 0.2) is 36.7 Å². The maximum Gasteiger partial charge on any atom is 0.0725 e. The number of fused-ring (bicyclic) bond motifs is 1. The highest BCUT2D eigenvalue weighted by molar-refractivity contribution is 5.38. The summed E-state index contributed by atoms with van der Waals surface area (Å²) in [5.41, 5.74) is 12.1. The number of hydrogen-bond acceptors (Lipinski definition) is 3. The molecule has 2 N–H and O–H groups in total. The van der Waals surface area contributed by atoms with Crippen LogP contribution >= 0.6 is 0 Å². The van der Waals surface area contributed by atoms with Gasteiger partial charge in [0.25, 0.3) is 0 Å². The molecule has 1 aliphatic rings. The monoisotopic (exact) mass is 240 g/mol. The van der Waals surface area contributed by atoms with E-state index >= 15 is 0 Å². The zero-order valence-electron chi connectivity index (χ0n) is 10.4. The van der Waals surface area contributed by atoms with Crippen LogP contribution in [0, 0.1) is 6.92 Å². The first kappa shape index (κ1) is 11.4. The summed E-state index contributed by atoms with van der Waals surface area (Å²) in [4.78, 5) is 4.20. The van der Waals surface area contributed by atoms with E-state index in [2.05, 4.69) is 29.2 Å². The maximum atomic E-state index is 6.30. The Morgan fingerprint density at radius 1 is 1.11 bits per heavy atom. The molecule has 0 fully saturated rings. The summed E-state index contributed by atoms with van der Waals surface area (Å²) in [6.07, 6.45) is 3.67. The Morgan fingerprint density at radius 2 is 1.94 bits per heavy atom. The molecule has 1 atom stereocenters. The fraction of sp³-hybridized carbons (Fsp3) is 0.267. The van der Waals surface area contributed by atoms with Gasteiger partial charge in [-0.2, -0.15) is 0 Å². The number of aryl methyl sites for hydroxylation is 1. The molecule has 18 heavy (non-hydrogen) atoms. The van der Waals surface area contributed by atoms with E-state index in [0.717, 1.165) is 23.3 Å². The second-order valence-corrected chi connectivity index (χ2v) is 4.79. The Hall–Kier alpha value is -1.71. The van der Waals surface area contributed by atoms with Crippen LogP contribution in [0.25, 0.3) is 0 Å². The Labute approximate surface area is 107 Å². The van der Waals surface area contributed by atoms with Crippen molar-refractivity contribution in [2.24, 2.45) is 5.73 Å². The topological polar surface area (TPSA) is 48.1 Å². The number of ether oxygens (including phenoxy) is 1. The molecule has 0 saturated carbocycles. The highest BCUT2D eigenvalue weighted by Gasteiger charge is 2.15. The van der Waals surface area contributed by atoms with E-state index in [9.17, 15) is 0 Å². The average molecular weight is 240 g/mol. The molecule has 1 aliphatic heterocycles. The molecular weight excluding hydrogens is 224 g/mol. The Morgan fingerprint density at radius 3 is 2.78 bits per heavy atom. The molecule has 3 nitrogen and oxygen atoms in total. The van der Waals surface area contributed by atoms with Crippen molar-refractivity contribution >= 4 is 0 Å². The number of hydrogen-bond donors (Lipinski definition) is 1. The zero-order chi connectivity index (χ0) is 12.5. The summed E-state index contributed by atoms with van der Waals surface area (Å²) in [5.74, 6) is 0. The van der Waals surface area contributed by atoms with Crippen molar-refractivity contribution in [3.63, 3.8) is 0 Å². The first-order chi connectivity index (χ1) is 8.74. The summed E-state index contributed by atoms with van der Waals surface area (Å²) in [6.45, 7) is 3.44. The van der Waals surface area contributed by atoms with Gasteiger partial charge in [-0.05, 0) is 34.7 Å². The fourth-order valence-corrected chi connectivity index (χ4v) is 2.33. The molecule has 2 heterocycles. The Bertz CT molecular complexity index is 580. The van der Waals surface area contributed by atoms with Gasteiger partial charge < -0.3 is 10.5 Å². The summed E-state index contributed by atoms with van der Waals surface area (Å²) in [7, 11) is 0. The van der Waals surface area contributed by atoms with E-state index < -0.39 is 0 Å². The summed E-state index contributed by atoms with van der Waals surface area (Å²) < 4.78 is 5.42. The molecule has 0 spiro atoms. The Kier molecular flexibility index (Phi) is 2.86. The first-order valence-electron chi connectivity index (χ1n) is 6.10. The van der Waals surface area contributed by atoms with Gasteiger partial charge in [-0.3, -0.25) is 4.98 Å². The lowest BCUT2D eigenvalue weighted by atomic mass is 9.97. The lowest BCUT2D eigenvalue weighted by Gasteiger charge is -2.13. The van der Waals surface area contributed by atoms with E-state index in [4.69, 9.17) is 10.5 Å². The first-order valence-corrected chi connectivity index (χ1v) is 6.10. The van der Waals surface area contributed by atoms with Crippen molar-refractivity contribution in [3.05, 3.63) is 64.5 Å². The standard InChI is InChI=1S/C15H16N2O/c1-10-4-13(7-17-6-10)15(16)11-2-3-12-8-18-9-14(12)5-11/h2-7,15H,8-9,16H2,1H3. The van der Waals surface area contributed by atoms with E-state index in [1.54, 1.807) is 0 Å². The molecule has 92 valence electrons. The molecule has 2 aromatic rings. The van der Waals surface area contributed by atoms with Gasteiger partial charge in [0.1, 0.15) is 0 Å². The molecule has 1 aromatic heterocycles. The molecule has 0 saturated heterocycles. The second-order valence-electron chi connectivity index (χ2n) is 4.79. The zero-order valence-corrected chi connectivity index (χ0v) is 10.4. The van der Waals surface area contributed by atoms with Crippen LogP contribution in [0.2, 0.25) is 0 Å². The molecule has 3 rings (SSSR count). The van der Waals surface area contributed by atoms with Gasteiger partial charge in [0.15, 0.2) is 0 Å².